The van der Waals surface area contributed by atoms with E-state index in [1.165, 1.54) is 21.4 Å². The molecule has 0 bridgehead atoms. The summed E-state index contributed by atoms with van der Waals surface area (Å²) in [5.41, 5.74) is 2.18. The van der Waals surface area contributed by atoms with Gasteiger partial charge in [0.1, 0.15) is 11.6 Å². The zero-order valence-electron chi connectivity index (χ0n) is 16.0. The second kappa shape index (κ2) is 7.61. The van der Waals surface area contributed by atoms with Crippen LogP contribution in [0.25, 0.3) is 4.96 Å². The maximum Gasteiger partial charge on any atom is 0.230 e. The minimum atomic E-state index is -0.204. The van der Waals surface area contributed by atoms with E-state index in [-0.39, 0.29) is 11.9 Å². The Morgan fingerprint density at radius 1 is 1.14 bits per heavy atom. The molecule has 0 aliphatic heterocycles. The normalized spacial score (nSPS) is 12.6. The van der Waals surface area contributed by atoms with Crippen molar-refractivity contribution >= 4 is 16.3 Å². The van der Waals surface area contributed by atoms with Gasteiger partial charge < -0.3 is 9.84 Å². The van der Waals surface area contributed by atoms with E-state index >= 15 is 0 Å². The van der Waals surface area contributed by atoms with E-state index < -0.39 is 0 Å². The van der Waals surface area contributed by atoms with E-state index in [2.05, 4.69) is 27.1 Å². The third-order valence-corrected chi connectivity index (χ3v) is 5.78. The number of aromatic nitrogens is 3. The van der Waals surface area contributed by atoms with Gasteiger partial charge in [-0.25, -0.2) is 4.98 Å². The zero-order chi connectivity index (χ0) is 19.7. The number of methoxy groups -OCH3 is 1. The molecule has 0 spiro atoms. The van der Waals surface area contributed by atoms with Crippen LogP contribution in [-0.2, 0) is 6.54 Å². The Balaban J connectivity index is 1.82. The largest absolute Gasteiger partial charge is 0.496 e. The van der Waals surface area contributed by atoms with Gasteiger partial charge in [0.2, 0.25) is 10.8 Å². The number of para-hydroxylation sites is 1. The lowest BCUT2D eigenvalue weighted by atomic mass is 10.0. The highest BCUT2D eigenvalue weighted by Gasteiger charge is 2.29. The summed E-state index contributed by atoms with van der Waals surface area (Å²) in [6.07, 6.45) is 0. The lowest BCUT2D eigenvalue weighted by molar-refractivity contribution is 0.260. The minimum Gasteiger partial charge on any atom is -0.496 e. The molecule has 0 aliphatic carbocycles. The van der Waals surface area contributed by atoms with Crippen molar-refractivity contribution in [3.63, 3.8) is 0 Å². The topological polar surface area (TPSA) is 62.9 Å². The number of benzene rings is 2. The summed E-state index contributed by atoms with van der Waals surface area (Å²) in [6, 6.07) is 18.0. The molecule has 7 heteroatoms. The van der Waals surface area contributed by atoms with Crippen LogP contribution in [0.5, 0.6) is 11.6 Å². The summed E-state index contributed by atoms with van der Waals surface area (Å²) in [5.74, 6) is 1.54. The number of fused-ring (bicyclic) bond motifs is 1. The summed E-state index contributed by atoms with van der Waals surface area (Å²) in [7, 11) is 3.71. The zero-order valence-corrected chi connectivity index (χ0v) is 16.8. The van der Waals surface area contributed by atoms with Crippen molar-refractivity contribution in [3.8, 4) is 11.6 Å². The molecule has 2 aromatic heterocycles. The van der Waals surface area contributed by atoms with E-state index in [9.17, 15) is 5.11 Å². The Morgan fingerprint density at radius 2 is 1.86 bits per heavy atom. The van der Waals surface area contributed by atoms with Gasteiger partial charge in [0.25, 0.3) is 0 Å². The quantitative estimate of drug-likeness (QED) is 0.535. The number of aryl methyl sites for hydroxylation is 1. The SMILES string of the molecule is COc1ccccc1[C@H](c1sc2nc(C)nn2c1O)N(C)Cc1ccccc1. The first-order valence-corrected chi connectivity index (χ1v) is 9.82. The smallest absolute Gasteiger partial charge is 0.230 e. The van der Waals surface area contributed by atoms with E-state index in [1.54, 1.807) is 7.11 Å². The van der Waals surface area contributed by atoms with Crippen molar-refractivity contribution in [2.24, 2.45) is 0 Å². The summed E-state index contributed by atoms with van der Waals surface area (Å²) in [5, 5.41) is 15.2. The predicted octanol–water partition coefficient (Wildman–Crippen LogP) is 4.03. The van der Waals surface area contributed by atoms with Gasteiger partial charge in [-0.1, -0.05) is 59.9 Å². The van der Waals surface area contributed by atoms with Crippen molar-refractivity contribution in [3.05, 3.63) is 76.4 Å². The fraction of sp³-hybridized carbons (Fsp3) is 0.238. The molecule has 28 heavy (non-hydrogen) atoms. The lowest BCUT2D eigenvalue weighted by Gasteiger charge is -2.29. The van der Waals surface area contributed by atoms with Crippen LogP contribution in [0.1, 0.15) is 27.9 Å². The molecule has 0 amide bonds. The summed E-state index contributed by atoms with van der Waals surface area (Å²) >= 11 is 1.45. The second-order valence-corrected chi connectivity index (χ2v) is 7.70. The first-order valence-electron chi connectivity index (χ1n) is 9.00. The van der Waals surface area contributed by atoms with Crippen molar-refractivity contribution in [2.45, 2.75) is 19.5 Å². The highest BCUT2D eigenvalue weighted by molar-refractivity contribution is 7.17. The molecule has 1 atom stereocenters. The fourth-order valence-corrected chi connectivity index (χ4v) is 4.64. The molecular weight excluding hydrogens is 372 g/mol. The Morgan fingerprint density at radius 3 is 2.57 bits per heavy atom. The Labute approximate surface area is 167 Å². The van der Waals surface area contributed by atoms with Crippen LogP contribution in [0.15, 0.2) is 54.6 Å². The Bertz CT molecular complexity index is 1090. The molecule has 0 aliphatic rings. The maximum atomic E-state index is 10.9. The van der Waals surface area contributed by atoms with Crippen molar-refractivity contribution in [1.82, 2.24) is 19.5 Å². The van der Waals surface area contributed by atoms with Crippen LogP contribution < -0.4 is 4.74 Å². The van der Waals surface area contributed by atoms with Crippen LogP contribution in [0.3, 0.4) is 0 Å². The Hall–Kier alpha value is -2.90. The van der Waals surface area contributed by atoms with E-state index in [0.717, 1.165) is 22.7 Å². The fourth-order valence-electron chi connectivity index (χ4n) is 3.46. The van der Waals surface area contributed by atoms with Gasteiger partial charge in [-0.05, 0) is 25.6 Å². The predicted molar refractivity (Wildman–Crippen MR) is 110 cm³/mol. The number of hydrogen-bond acceptors (Lipinski definition) is 6. The van der Waals surface area contributed by atoms with Crippen LogP contribution in [0, 0.1) is 6.92 Å². The number of hydrogen-bond donors (Lipinski definition) is 1. The van der Waals surface area contributed by atoms with Crippen LogP contribution in [0.4, 0.5) is 0 Å². The number of thiazole rings is 1. The van der Waals surface area contributed by atoms with Crippen molar-refractivity contribution < 1.29 is 9.84 Å². The van der Waals surface area contributed by atoms with Crippen molar-refractivity contribution in [2.75, 3.05) is 14.2 Å². The van der Waals surface area contributed by atoms with Crippen LogP contribution in [-0.4, -0.2) is 38.8 Å². The number of ether oxygens (including phenoxy) is 1. The van der Waals surface area contributed by atoms with Gasteiger partial charge in [-0.3, -0.25) is 4.90 Å². The van der Waals surface area contributed by atoms with Gasteiger partial charge in [0.15, 0.2) is 0 Å². The van der Waals surface area contributed by atoms with Gasteiger partial charge in [0, 0.05) is 12.1 Å². The second-order valence-electron chi connectivity index (χ2n) is 6.69. The summed E-state index contributed by atoms with van der Waals surface area (Å²) in [4.78, 5) is 8.09. The average Bonchev–Trinajstić information content (AvgIpc) is 3.21. The number of nitrogens with zero attached hydrogens (tertiary/aromatic N) is 4. The molecule has 0 saturated heterocycles. The van der Waals surface area contributed by atoms with E-state index in [4.69, 9.17) is 4.74 Å². The van der Waals surface area contributed by atoms with Gasteiger partial charge in [-0.2, -0.15) is 4.52 Å². The molecular formula is C21H22N4O2S. The summed E-state index contributed by atoms with van der Waals surface area (Å²) < 4.78 is 7.13. The molecule has 0 saturated carbocycles. The minimum absolute atomic E-state index is 0.122. The van der Waals surface area contributed by atoms with Crippen LogP contribution in [0.2, 0.25) is 0 Å². The van der Waals surface area contributed by atoms with E-state index in [1.807, 2.05) is 56.4 Å². The first kappa shape index (κ1) is 18.5. The van der Waals surface area contributed by atoms with E-state index in [0.29, 0.717) is 10.8 Å². The molecule has 0 radical (unpaired) electrons. The monoisotopic (exact) mass is 394 g/mol. The third kappa shape index (κ3) is 3.34. The number of rotatable bonds is 6. The Kier molecular flexibility index (Phi) is 5.02. The molecule has 0 unspecified atom stereocenters. The highest BCUT2D eigenvalue weighted by Crippen LogP contribution is 2.42. The highest BCUT2D eigenvalue weighted by atomic mass is 32.1. The van der Waals surface area contributed by atoms with Gasteiger partial charge >= 0.3 is 0 Å². The maximum absolute atomic E-state index is 10.9. The molecule has 144 valence electrons. The lowest BCUT2D eigenvalue weighted by Crippen LogP contribution is -2.25. The van der Waals surface area contributed by atoms with Gasteiger partial charge in [-0.15, -0.1) is 5.10 Å². The molecule has 4 rings (SSSR count). The summed E-state index contributed by atoms with van der Waals surface area (Å²) in [6.45, 7) is 2.54. The molecule has 0 fully saturated rings. The van der Waals surface area contributed by atoms with Gasteiger partial charge in [0.05, 0.1) is 18.0 Å². The molecule has 4 aromatic rings. The van der Waals surface area contributed by atoms with Crippen molar-refractivity contribution in [1.29, 1.82) is 0 Å². The average molecular weight is 395 g/mol. The molecule has 2 heterocycles. The molecule has 2 aromatic carbocycles. The first-order chi connectivity index (χ1) is 13.6. The van der Waals surface area contributed by atoms with Crippen LogP contribution >= 0.6 is 11.3 Å². The third-order valence-electron chi connectivity index (χ3n) is 4.70. The number of aromatic hydroxyl groups is 1. The molecule has 6 nitrogen and oxygen atoms in total. The standard InChI is InChI=1S/C21H22N4O2S/c1-14-22-21-25(23-14)20(26)19(28-21)18(16-11-7-8-12-17(16)27-3)24(2)13-15-9-5-4-6-10-15/h4-12,18,26H,13H2,1-3H3/t18-/m1/s1. The molecule has 1 N–H and O–H groups in total.